The molecule has 0 amide bonds. The lowest BCUT2D eigenvalue weighted by molar-refractivity contribution is -0.167. The first-order chi connectivity index (χ1) is 39.5. The number of hydrogen-bond acceptors (Lipinski definition) is 6. The van der Waals surface area contributed by atoms with Crippen molar-refractivity contribution >= 4 is 17.9 Å². The number of carbonyl (C=O) groups excluding carboxylic acids is 3. The van der Waals surface area contributed by atoms with Gasteiger partial charge in [-0.1, -0.05) is 298 Å². The van der Waals surface area contributed by atoms with E-state index in [0.29, 0.717) is 19.3 Å². The van der Waals surface area contributed by atoms with Crippen molar-refractivity contribution < 1.29 is 28.6 Å². The van der Waals surface area contributed by atoms with Crippen molar-refractivity contribution in [2.45, 2.75) is 341 Å². The molecule has 0 saturated heterocycles. The molecule has 1 unspecified atom stereocenters. The van der Waals surface area contributed by atoms with Crippen LogP contribution in [-0.2, 0) is 28.6 Å². The third kappa shape index (κ3) is 65.1. The van der Waals surface area contributed by atoms with E-state index in [4.69, 9.17) is 14.2 Å². The SMILES string of the molecule is CC/C=C\C/C=C\C/C=C\C/C=C\CCCCCCCCCCCCCCCCCCCCC(=O)OCC(COC(=O)CCCCCCC/C=C\C/C=C\CCC)OC(=O)CCCCCCCCC/C=C\C/C=C\CCCCCC. The van der Waals surface area contributed by atoms with Crippen molar-refractivity contribution in [3.63, 3.8) is 0 Å². The molecule has 0 radical (unpaired) electrons. The molecular weight excluding hydrogens is 985 g/mol. The maximum atomic E-state index is 12.9. The Morgan fingerprint density at radius 3 is 0.812 bits per heavy atom. The second-order valence-electron chi connectivity index (χ2n) is 22.7. The maximum absolute atomic E-state index is 12.9. The fourth-order valence-electron chi connectivity index (χ4n) is 9.68. The van der Waals surface area contributed by atoms with E-state index in [1.807, 2.05) is 0 Å². The molecule has 0 bridgehead atoms. The fraction of sp³-hybridized carbons (Fsp3) is 0.743. The smallest absolute Gasteiger partial charge is 0.306 e. The average molecular weight is 1110 g/mol. The number of carbonyl (C=O) groups is 3. The first-order valence-electron chi connectivity index (χ1n) is 34.2. The lowest BCUT2D eigenvalue weighted by Crippen LogP contribution is -2.30. The van der Waals surface area contributed by atoms with E-state index >= 15 is 0 Å². The lowest BCUT2D eigenvalue weighted by Gasteiger charge is -2.18. The van der Waals surface area contributed by atoms with E-state index in [2.05, 4.69) is 118 Å². The lowest BCUT2D eigenvalue weighted by atomic mass is 10.0. The van der Waals surface area contributed by atoms with Crippen LogP contribution in [0, 0.1) is 0 Å². The third-order valence-corrected chi connectivity index (χ3v) is 14.8. The van der Waals surface area contributed by atoms with Crippen molar-refractivity contribution in [3.8, 4) is 0 Å². The van der Waals surface area contributed by atoms with E-state index in [-0.39, 0.29) is 31.1 Å². The normalized spacial score (nSPS) is 12.7. The van der Waals surface area contributed by atoms with Gasteiger partial charge in [-0.05, 0) is 116 Å². The highest BCUT2D eigenvalue weighted by Crippen LogP contribution is 2.17. The van der Waals surface area contributed by atoms with Crippen LogP contribution in [0.15, 0.2) is 97.2 Å². The van der Waals surface area contributed by atoms with E-state index in [1.165, 1.54) is 173 Å². The number of allylic oxidation sites excluding steroid dienone is 16. The molecule has 0 fully saturated rings. The van der Waals surface area contributed by atoms with E-state index < -0.39 is 6.10 Å². The van der Waals surface area contributed by atoms with Crippen LogP contribution in [-0.4, -0.2) is 37.2 Å². The summed E-state index contributed by atoms with van der Waals surface area (Å²) >= 11 is 0. The Balaban J connectivity index is 4.21. The van der Waals surface area contributed by atoms with Crippen LogP contribution in [0.2, 0.25) is 0 Å². The molecule has 1 atom stereocenters. The number of unbranched alkanes of at least 4 members (excludes halogenated alkanes) is 35. The molecule has 0 aromatic heterocycles. The Morgan fingerprint density at radius 2 is 0.512 bits per heavy atom. The van der Waals surface area contributed by atoms with Gasteiger partial charge in [-0.2, -0.15) is 0 Å². The predicted octanol–water partition coefficient (Wildman–Crippen LogP) is 23.6. The first kappa shape index (κ1) is 76.3. The first-order valence-corrected chi connectivity index (χ1v) is 34.2. The molecule has 0 aliphatic carbocycles. The molecule has 80 heavy (non-hydrogen) atoms. The summed E-state index contributed by atoms with van der Waals surface area (Å²) in [6.07, 6.45) is 91.5. The molecule has 0 saturated carbocycles. The Kier molecular flexibility index (Phi) is 64.7. The van der Waals surface area contributed by atoms with Crippen LogP contribution in [0.5, 0.6) is 0 Å². The highest BCUT2D eigenvalue weighted by atomic mass is 16.6. The minimum Gasteiger partial charge on any atom is -0.462 e. The second kappa shape index (κ2) is 67.8. The zero-order chi connectivity index (χ0) is 57.8. The molecule has 0 aromatic carbocycles. The van der Waals surface area contributed by atoms with Gasteiger partial charge in [0.15, 0.2) is 6.10 Å². The van der Waals surface area contributed by atoms with Gasteiger partial charge in [-0.25, -0.2) is 0 Å². The highest BCUT2D eigenvalue weighted by Gasteiger charge is 2.19. The Bertz CT molecular complexity index is 1560. The number of rotatable bonds is 62. The summed E-state index contributed by atoms with van der Waals surface area (Å²) in [5.41, 5.74) is 0. The van der Waals surface area contributed by atoms with Crippen LogP contribution in [0.1, 0.15) is 335 Å². The van der Waals surface area contributed by atoms with Gasteiger partial charge in [0.2, 0.25) is 0 Å². The summed E-state index contributed by atoms with van der Waals surface area (Å²) in [7, 11) is 0. The predicted molar refractivity (Wildman–Crippen MR) is 348 cm³/mol. The summed E-state index contributed by atoms with van der Waals surface area (Å²) < 4.78 is 16.9. The molecule has 460 valence electrons. The van der Waals surface area contributed by atoms with Crippen molar-refractivity contribution in [1.82, 2.24) is 0 Å². The standard InChI is InChI=1S/C74H128O6/c1-4-7-10-13-16-19-22-25-27-29-31-32-33-34-35-36-37-38-39-40-41-42-43-45-46-49-52-55-58-61-64-67-73(76)79-70-71(69-78-72(75)66-63-60-57-54-51-48-24-21-18-15-12-9-6-3)80-74(77)68-65-62-59-56-53-50-47-44-30-28-26-23-20-17-14-11-8-5-2/h7,10,12,15-16,19-21,23-25,27-28,30-32,71H,4-6,8-9,11,13-14,17-18,22,26,29,33-70H2,1-3H3/b10-7-,15-12-,19-16-,23-20-,24-21-,27-25-,30-28-,32-31-. The third-order valence-electron chi connectivity index (χ3n) is 14.8. The minimum atomic E-state index is -0.787. The Hall–Kier alpha value is -3.67. The average Bonchev–Trinajstić information content (AvgIpc) is 3.46. The summed E-state index contributed by atoms with van der Waals surface area (Å²) in [6.45, 7) is 6.46. The number of hydrogen-bond donors (Lipinski definition) is 0. The second-order valence-corrected chi connectivity index (χ2v) is 22.7. The molecule has 0 aliphatic heterocycles. The van der Waals surface area contributed by atoms with Gasteiger partial charge in [0, 0.05) is 19.3 Å². The molecule has 6 nitrogen and oxygen atoms in total. The summed E-state index contributed by atoms with van der Waals surface area (Å²) in [4.78, 5) is 38.3. The van der Waals surface area contributed by atoms with Gasteiger partial charge in [0.25, 0.3) is 0 Å². The summed E-state index contributed by atoms with van der Waals surface area (Å²) in [5, 5.41) is 0. The number of ether oxygens (including phenoxy) is 3. The van der Waals surface area contributed by atoms with Gasteiger partial charge in [0.05, 0.1) is 0 Å². The highest BCUT2D eigenvalue weighted by molar-refractivity contribution is 5.71. The number of esters is 3. The van der Waals surface area contributed by atoms with Crippen LogP contribution in [0.25, 0.3) is 0 Å². The van der Waals surface area contributed by atoms with Crippen LogP contribution in [0.3, 0.4) is 0 Å². The van der Waals surface area contributed by atoms with Gasteiger partial charge in [0.1, 0.15) is 13.2 Å². The van der Waals surface area contributed by atoms with E-state index in [9.17, 15) is 14.4 Å². The van der Waals surface area contributed by atoms with Gasteiger partial charge < -0.3 is 14.2 Å². The fourth-order valence-corrected chi connectivity index (χ4v) is 9.68. The largest absolute Gasteiger partial charge is 0.462 e. The molecule has 0 spiro atoms. The van der Waals surface area contributed by atoms with Gasteiger partial charge in [-0.3, -0.25) is 14.4 Å². The Labute approximate surface area is 496 Å². The summed E-state index contributed by atoms with van der Waals surface area (Å²) in [6, 6.07) is 0. The van der Waals surface area contributed by atoms with Crippen molar-refractivity contribution in [2.24, 2.45) is 0 Å². The molecule has 0 aromatic rings. The molecule has 0 heterocycles. The van der Waals surface area contributed by atoms with Gasteiger partial charge in [-0.15, -0.1) is 0 Å². The molecule has 0 aliphatic rings. The summed E-state index contributed by atoms with van der Waals surface area (Å²) in [5.74, 6) is -0.891. The molecular formula is C74H128O6. The zero-order valence-electron chi connectivity index (χ0n) is 52.8. The zero-order valence-corrected chi connectivity index (χ0v) is 52.8. The molecule has 6 heteroatoms. The van der Waals surface area contributed by atoms with E-state index in [0.717, 1.165) is 122 Å². The van der Waals surface area contributed by atoms with Crippen LogP contribution >= 0.6 is 0 Å². The Morgan fingerprint density at radius 1 is 0.263 bits per heavy atom. The van der Waals surface area contributed by atoms with Gasteiger partial charge >= 0.3 is 17.9 Å². The monoisotopic (exact) mass is 1110 g/mol. The minimum absolute atomic E-state index is 0.0824. The quantitative estimate of drug-likeness (QED) is 0.0261. The van der Waals surface area contributed by atoms with E-state index in [1.54, 1.807) is 0 Å². The van der Waals surface area contributed by atoms with Crippen LogP contribution in [0.4, 0.5) is 0 Å². The topological polar surface area (TPSA) is 78.9 Å². The van der Waals surface area contributed by atoms with Crippen LogP contribution < -0.4 is 0 Å². The maximum Gasteiger partial charge on any atom is 0.306 e. The van der Waals surface area contributed by atoms with Crippen molar-refractivity contribution in [3.05, 3.63) is 97.2 Å². The molecule has 0 N–H and O–H groups in total. The molecule has 0 rings (SSSR count). The van der Waals surface area contributed by atoms with Crippen molar-refractivity contribution in [2.75, 3.05) is 13.2 Å². The van der Waals surface area contributed by atoms with Crippen molar-refractivity contribution in [1.29, 1.82) is 0 Å².